The normalized spacial score (nSPS) is 13.1. The van der Waals surface area contributed by atoms with E-state index in [0.717, 1.165) is 0 Å². The number of alkyl halides is 5. The summed E-state index contributed by atoms with van der Waals surface area (Å²) in [6, 6.07) is 0. The van der Waals surface area contributed by atoms with Gasteiger partial charge in [0.05, 0.1) is 5.56 Å². The Morgan fingerprint density at radius 1 is 1.18 bits per heavy atom. The lowest BCUT2D eigenvalue weighted by atomic mass is 10.2. The first-order valence-corrected chi connectivity index (χ1v) is 4.93. The van der Waals surface area contributed by atoms with Crippen LogP contribution in [0.2, 0.25) is 0 Å². The smallest absolute Gasteiger partial charge is 0.296 e. The number of nitrogens with one attached hydrogen (secondary N) is 1. The summed E-state index contributed by atoms with van der Waals surface area (Å²) in [5, 5.41) is -0.946. The summed E-state index contributed by atoms with van der Waals surface area (Å²) in [5.74, 6) is 0. The average molecular weight is 278 g/mol. The van der Waals surface area contributed by atoms with E-state index in [1.165, 1.54) is 5.10 Å². The first-order valence-electron chi connectivity index (χ1n) is 3.76. The highest BCUT2D eigenvalue weighted by Gasteiger charge is 2.49. The molecule has 0 aliphatic carbocycles. The van der Waals surface area contributed by atoms with Gasteiger partial charge in [0.1, 0.15) is 5.69 Å². The van der Waals surface area contributed by atoms with Crippen LogP contribution in [0.4, 0.5) is 22.0 Å². The van der Waals surface area contributed by atoms with Crippen LogP contribution in [0, 0.1) is 0 Å². The van der Waals surface area contributed by atoms with Gasteiger partial charge >= 0.3 is 11.4 Å². The zero-order valence-corrected chi connectivity index (χ0v) is 8.48. The second-order valence-electron chi connectivity index (χ2n) is 2.77. The highest BCUT2D eigenvalue weighted by molar-refractivity contribution is 7.73. The second-order valence-corrected chi connectivity index (χ2v) is 3.85. The van der Waals surface area contributed by atoms with Crippen molar-refractivity contribution in [3.05, 3.63) is 17.0 Å². The summed E-state index contributed by atoms with van der Waals surface area (Å²) in [5.41, 5.74) is -5.36. The number of rotatable bonds is 3. The fraction of sp³-hybridized carbons (Fsp3) is 0.333. The molecule has 0 atom stereocenters. The van der Waals surface area contributed by atoms with Crippen LogP contribution in [0.5, 0.6) is 0 Å². The van der Waals surface area contributed by atoms with Crippen LogP contribution < -0.4 is 0 Å². The van der Waals surface area contributed by atoms with Crippen molar-refractivity contribution in [1.29, 1.82) is 0 Å². The van der Waals surface area contributed by atoms with E-state index in [1.54, 1.807) is 0 Å². The molecule has 0 aromatic carbocycles. The number of thiol groups is 1. The highest BCUT2D eigenvalue weighted by Crippen LogP contribution is 2.40. The number of carbonyl (C=O) groups is 1. The van der Waals surface area contributed by atoms with Crippen molar-refractivity contribution in [1.82, 2.24) is 10.2 Å². The molecule has 0 saturated heterocycles. The molecule has 5 nitrogen and oxygen atoms in total. The zero-order chi connectivity index (χ0) is 13.4. The summed E-state index contributed by atoms with van der Waals surface area (Å²) in [4.78, 5) is 10.3. The lowest BCUT2D eigenvalue weighted by molar-refractivity contribution is -0.143. The SMILES string of the molecule is O=Cc1[nH]nc(C(F)(F)F)c1C(F)(F)[SH](=O)=O. The van der Waals surface area contributed by atoms with Crippen LogP contribution in [0.1, 0.15) is 21.7 Å². The third-order valence-electron chi connectivity index (χ3n) is 1.71. The molecule has 1 rings (SSSR count). The monoisotopic (exact) mass is 278 g/mol. The van der Waals surface area contributed by atoms with Gasteiger partial charge in [0.25, 0.3) is 0 Å². The molecule has 1 N–H and O–H groups in total. The molecular formula is C6H3F5N2O3S. The quantitative estimate of drug-likeness (QED) is 0.489. The van der Waals surface area contributed by atoms with Crippen molar-refractivity contribution < 1.29 is 35.2 Å². The average Bonchev–Trinajstić information content (AvgIpc) is 2.60. The summed E-state index contributed by atoms with van der Waals surface area (Å²) in [7, 11) is -4.53. The van der Waals surface area contributed by atoms with Gasteiger partial charge < -0.3 is 0 Å². The Labute approximate surface area is 91.6 Å². The first-order chi connectivity index (χ1) is 7.62. The van der Waals surface area contributed by atoms with Crippen LogP contribution in [0.15, 0.2) is 0 Å². The lowest BCUT2D eigenvalue weighted by Crippen LogP contribution is -2.22. The van der Waals surface area contributed by atoms with Gasteiger partial charge in [0, 0.05) is 0 Å². The van der Waals surface area contributed by atoms with E-state index in [2.05, 4.69) is 5.10 Å². The van der Waals surface area contributed by atoms with Gasteiger partial charge in [0.2, 0.25) is 10.7 Å². The van der Waals surface area contributed by atoms with Crippen molar-refractivity contribution in [2.45, 2.75) is 11.4 Å². The molecule has 1 aromatic heterocycles. The van der Waals surface area contributed by atoms with E-state index in [0.29, 0.717) is 0 Å². The Morgan fingerprint density at radius 3 is 2.06 bits per heavy atom. The molecule has 0 aliphatic heterocycles. The number of hydrogen-bond acceptors (Lipinski definition) is 4. The molecule has 0 aliphatic rings. The van der Waals surface area contributed by atoms with Crippen molar-refractivity contribution in [3.63, 3.8) is 0 Å². The summed E-state index contributed by atoms with van der Waals surface area (Å²) >= 11 is 0. The van der Waals surface area contributed by atoms with Gasteiger partial charge in [-0.05, 0) is 0 Å². The van der Waals surface area contributed by atoms with Gasteiger partial charge in [-0.1, -0.05) is 0 Å². The third-order valence-corrected chi connectivity index (χ3v) is 2.39. The van der Waals surface area contributed by atoms with Crippen molar-refractivity contribution in [2.24, 2.45) is 0 Å². The Morgan fingerprint density at radius 2 is 1.71 bits per heavy atom. The fourth-order valence-corrected chi connectivity index (χ4v) is 1.45. The number of nitrogens with zero attached hydrogens (tertiary/aromatic N) is 1. The summed E-state index contributed by atoms with van der Waals surface area (Å²) < 4.78 is 83.3. The molecule has 96 valence electrons. The van der Waals surface area contributed by atoms with E-state index >= 15 is 0 Å². The molecule has 11 heteroatoms. The van der Waals surface area contributed by atoms with Crippen LogP contribution >= 0.6 is 0 Å². The maximum absolute atomic E-state index is 13.0. The number of halogens is 5. The zero-order valence-electron chi connectivity index (χ0n) is 7.59. The molecule has 17 heavy (non-hydrogen) atoms. The van der Waals surface area contributed by atoms with Crippen LogP contribution in [-0.4, -0.2) is 24.9 Å². The molecule has 0 radical (unpaired) electrons. The van der Waals surface area contributed by atoms with Gasteiger partial charge in [-0.3, -0.25) is 9.89 Å². The van der Waals surface area contributed by atoms with Crippen LogP contribution in [0.3, 0.4) is 0 Å². The maximum atomic E-state index is 13.0. The Balaban J connectivity index is 3.60. The third kappa shape index (κ3) is 2.28. The van der Waals surface area contributed by atoms with E-state index in [4.69, 9.17) is 0 Å². The molecule has 0 fully saturated rings. The van der Waals surface area contributed by atoms with E-state index in [1.807, 2.05) is 0 Å². The van der Waals surface area contributed by atoms with Gasteiger partial charge in [-0.15, -0.1) is 0 Å². The minimum absolute atomic E-state index is 0.371. The predicted molar refractivity (Wildman–Crippen MR) is 43.2 cm³/mol. The molecule has 1 heterocycles. The van der Waals surface area contributed by atoms with Gasteiger partial charge in [-0.2, -0.15) is 27.1 Å². The van der Waals surface area contributed by atoms with E-state index in [9.17, 15) is 35.2 Å². The number of aromatic amines is 1. The fourth-order valence-electron chi connectivity index (χ4n) is 1.04. The Hall–Kier alpha value is -1.52. The number of aldehydes is 1. The van der Waals surface area contributed by atoms with Crippen molar-refractivity contribution in [2.75, 3.05) is 0 Å². The Bertz CT molecular complexity index is 510. The molecule has 0 amide bonds. The molecule has 0 spiro atoms. The minimum atomic E-state index is -5.30. The number of aromatic nitrogens is 2. The van der Waals surface area contributed by atoms with Crippen molar-refractivity contribution >= 4 is 17.0 Å². The van der Waals surface area contributed by atoms with Gasteiger partial charge in [-0.25, -0.2) is 8.42 Å². The topological polar surface area (TPSA) is 79.9 Å². The molecule has 1 aromatic rings. The summed E-state index contributed by atoms with van der Waals surface area (Å²) in [6.07, 6.45) is -5.67. The number of carbonyl (C=O) groups excluding carboxylic acids is 1. The molecular weight excluding hydrogens is 275 g/mol. The summed E-state index contributed by atoms with van der Waals surface area (Å²) in [6.45, 7) is 0. The molecule has 0 saturated carbocycles. The maximum Gasteiger partial charge on any atom is 0.435 e. The van der Waals surface area contributed by atoms with E-state index < -0.39 is 39.1 Å². The number of hydrogen-bond donors (Lipinski definition) is 2. The van der Waals surface area contributed by atoms with Gasteiger partial charge in [0.15, 0.2) is 12.0 Å². The first kappa shape index (κ1) is 13.5. The standard InChI is InChI=1S/C6H3F5N2O3S/c7-5(8,9)4-3(2(1-14)12-13-4)6(10,11)17(15)16/h1,17H,(H,12,13). The molecule has 0 bridgehead atoms. The second kappa shape index (κ2) is 4.05. The molecule has 0 unspecified atom stereocenters. The van der Waals surface area contributed by atoms with Crippen LogP contribution in [0.25, 0.3) is 0 Å². The van der Waals surface area contributed by atoms with Crippen LogP contribution in [-0.2, 0) is 22.1 Å². The highest BCUT2D eigenvalue weighted by atomic mass is 32.2. The Kier molecular flexibility index (Phi) is 3.23. The largest absolute Gasteiger partial charge is 0.435 e. The number of H-pyrrole nitrogens is 1. The minimum Gasteiger partial charge on any atom is -0.296 e. The predicted octanol–water partition coefficient (Wildman–Crippen LogP) is 0.902. The van der Waals surface area contributed by atoms with E-state index in [-0.39, 0.29) is 6.29 Å². The lowest BCUT2D eigenvalue weighted by Gasteiger charge is -2.11. The van der Waals surface area contributed by atoms with Crippen molar-refractivity contribution in [3.8, 4) is 0 Å².